The molecule has 0 radical (unpaired) electrons. The van der Waals surface area contributed by atoms with Crippen LogP contribution in [-0.2, 0) is 84.6 Å². The van der Waals surface area contributed by atoms with E-state index in [1.807, 2.05) is 181 Å². The van der Waals surface area contributed by atoms with Crippen LogP contribution in [-0.4, -0.2) is 194 Å². The molecule has 2 N–H and O–H groups in total. The van der Waals surface area contributed by atoms with Crippen molar-refractivity contribution >= 4 is 80.5 Å². The van der Waals surface area contributed by atoms with Crippen LogP contribution >= 0.6 is 11.6 Å². The highest BCUT2D eigenvalue weighted by molar-refractivity contribution is 7.92. The Morgan fingerprint density at radius 1 is 0.400 bits per heavy atom. The van der Waals surface area contributed by atoms with Gasteiger partial charge in [-0.3, -0.25) is 42.9 Å². The second-order valence-corrected chi connectivity index (χ2v) is 47.7. The lowest BCUT2D eigenvalue weighted by Crippen LogP contribution is -2.32. The Labute approximate surface area is 829 Å². The number of amides is 2. The molecular weight excluding hydrogens is 1890 g/mol. The van der Waals surface area contributed by atoms with E-state index in [2.05, 4.69) is 72.3 Å². The van der Waals surface area contributed by atoms with Gasteiger partial charge in [-0.05, 0) is 310 Å². The van der Waals surface area contributed by atoms with Gasteiger partial charge in [-0.15, -0.1) is 4.98 Å². The number of ketones is 2. The molecule has 10 aromatic rings. The largest absolute Gasteiger partial charge is 0.361 e. The first-order valence-corrected chi connectivity index (χ1v) is 54.3. The Morgan fingerprint density at radius 2 is 0.693 bits per heavy atom. The molecule has 4 aliphatic rings. The van der Waals surface area contributed by atoms with Crippen molar-refractivity contribution in [3.8, 4) is 22.3 Å². The van der Waals surface area contributed by atoms with Crippen molar-refractivity contribution < 1.29 is 66.0 Å². The number of hydrogen-bond acceptors (Lipinski definition) is 22. The maximum absolute atomic E-state index is 14.6. The molecule has 2 amide bonds. The lowest BCUT2D eigenvalue weighted by Gasteiger charge is -2.20. The summed E-state index contributed by atoms with van der Waals surface area (Å²) < 4.78 is 160. The zero-order valence-corrected chi connectivity index (χ0v) is 88.7. The molecule has 4 unspecified atom stereocenters. The predicted molar refractivity (Wildman–Crippen MR) is 538 cm³/mol. The highest BCUT2D eigenvalue weighted by Gasteiger charge is 2.40. The topological polar surface area (TPSA) is 343 Å². The van der Waals surface area contributed by atoms with Crippen LogP contribution in [0, 0.1) is 24.0 Å². The zero-order valence-electron chi connectivity index (χ0n) is 84.7. The van der Waals surface area contributed by atoms with Crippen molar-refractivity contribution in [3.63, 3.8) is 0 Å². The van der Waals surface area contributed by atoms with Crippen molar-refractivity contribution in [1.82, 2.24) is 78.1 Å². The minimum absolute atomic E-state index is 0.000772. The Hall–Kier alpha value is -10.5. The van der Waals surface area contributed by atoms with Gasteiger partial charge in [-0.2, -0.15) is 37.2 Å². The lowest BCUT2D eigenvalue weighted by molar-refractivity contribution is -0.119. The van der Waals surface area contributed by atoms with E-state index in [9.17, 15) is 66.0 Å². The first kappa shape index (κ1) is 110. The van der Waals surface area contributed by atoms with Gasteiger partial charge in [0.25, 0.3) is 25.9 Å². The van der Waals surface area contributed by atoms with Crippen molar-refractivity contribution in [1.29, 1.82) is 0 Å². The molecule has 4 aliphatic carbocycles. The van der Waals surface area contributed by atoms with Crippen LogP contribution in [0.4, 0.5) is 19.0 Å². The van der Waals surface area contributed by atoms with Gasteiger partial charge in [-0.1, -0.05) is 107 Å². The number of aromatic nitrogens is 10. The quantitative estimate of drug-likeness (QED) is 0.0339. The molecule has 0 aliphatic heterocycles. The van der Waals surface area contributed by atoms with Crippen molar-refractivity contribution in [3.05, 3.63) is 228 Å². The summed E-state index contributed by atoms with van der Waals surface area (Å²) in [7, 11) is -0.763. The fourth-order valence-electron chi connectivity index (χ4n) is 17.0. The number of nitrogens with one attached hydrogen (secondary N) is 2. The number of nitrogens with zero attached hydrogens (tertiary/aromatic N) is 15. The molecule has 29 nitrogen and oxygen atoms in total. The maximum atomic E-state index is 14.6. The molecule has 140 heavy (non-hydrogen) atoms. The van der Waals surface area contributed by atoms with Gasteiger partial charge >= 0.3 is 0 Å². The molecule has 6 heterocycles. The number of carbonyl (C=O) groups excluding carboxylic acids is 4. The Bertz CT molecular complexity index is 6510. The third-order valence-corrected chi connectivity index (χ3v) is 31.9. The van der Waals surface area contributed by atoms with Crippen LogP contribution in [0.15, 0.2) is 136 Å². The van der Waals surface area contributed by atoms with Gasteiger partial charge in [0.05, 0.1) is 59.8 Å². The number of benzene rings is 4. The van der Waals surface area contributed by atoms with Gasteiger partial charge in [0.1, 0.15) is 35.2 Å². The molecule has 4 aromatic carbocycles. The standard InChI is InChI=1S/C27H31FN6O3S.C26H32FN5O3S.C25H36ClN3O3S.C25H36FN3O3S/c1-16(2)21-12-19(28)13-22(18-9-10-30-25(11-18)29-4)23(21)14-26(35)32-38(36,37)27-15-24(17(3)33(5)6)34(31-27)20-7-8-20;1-16(2)21-11-19(27)12-22(18-7-6-10-28-15-18)23(21)13-25(33)30-36(34,35)26-14-24(17(3)31(4)5)32(29-26)20-8-9-20;2*1-15(2)21-10-18(26)11-22(16(3)4)23(21)12-20(30)14-33(31,32)25-13-24(17(5)28(6)7)29(27-25)19-8-9-19/h9-13,15-17,20H,7-8,14H2,1-3,5-6H3,(H,32,35);6-7,10-12,14-17,20H,8-9,13H2,1-5H3,(H,30,33);2*10-11,13,15-17,19H,8-9,12,14H2,1-7H3. The van der Waals surface area contributed by atoms with E-state index in [0.29, 0.717) is 49.5 Å². The molecule has 4 saturated carbocycles. The molecule has 37 heteroatoms. The number of hydrogen-bond donors (Lipinski definition) is 2. The van der Waals surface area contributed by atoms with Crippen LogP contribution in [0.2, 0.25) is 5.02 Å². The fraction of sp³-hybridized carbons (Fsp3) is 0.505. The van der Waals surface area contributed by atoms with E-state index >= 15 is 0 Å². The summed E-state index contributed by atoms with van der Waals surface area (Å²) in [6.07, 6.45) is 11.8. The molecule has 4 atom stereocenters. The summed E-state index contributed by atoms with van der Waals surface area (Å²) in [6, 6.07) is 25.8. The Morgan fingerprint density at radius 3 is 0.986 bits per heavy atom. The number of rotatable bonds is 38. The highest BCUT2D eigenvalue weighted by atomic mass is 35.5. The van der Waals surface area contributed by atoms with Crippen molar-refractivity contribution in [2.75, 3.05) is 67.9 Å². The van der Waals surface area contributed by atoms with Crippen LogP contribution in [0.25, 0.3) is 27.1 Å². The van der Waals surface area contributed by atoms with Crippen LogP contribution < -0.4 is 9.44 Å². The molecule has 6 aromatic heterocycles. The van der Waals surface area contributed by atoms with Gasteiger partial charge in [0, 0.05) is 84.3 Å². The average molecular weight is 2020 g/mol. The minimum Gasteiger partial charge on any atom is -0.361 e. The number of sulfone groups is 2. The van der Waals surface area contributed by atoms with Gasteiger partial charge in [0.15, 0.2) is 31.7 Å². The number of sulfonamides is 2. The zero-order chi connectivity index (χ0) is 103. The SMILES string of the molecule is CC(C)c1cc(Cl)cc(C(C)C)c1CC(=O)CS(=O)(=O)c1cc(C(C)N(C)C)n(C2CC2)n1.CC(C)c1cc(F)cc(-c2cccnc2)c1CC(=O)NS(=O)(=O)c1cc(C(C)N(C)C)n(C2CC2)n1.CC(C)c1cc(F)cc(C(C)C)c1CC(=O)CS(=O)(=O)c1cc(C(C)N(C)C)n(C2CC2)n1.[C-]#[N+]c1cc(-c2cc(F)cc(C(C)C)c2CC(=O)NS(=O)(=O)c2cc(C(C)N(C)C)n(C3CC3)n2)ccn1. The van der Waals surface area contributed by atoms with E-state index in [-0.39, 0.29) is 147 Å². The Balaban J connectivity index is 0.000000179. The summed E-state index contributed by atoms with van der Waals surface area (Å²) in [5.74, 6) is -4.36. The van der Waals surface area contributed by atoms with Crippen LogP contribution in [0.5, 0.6) is 0 Å². The van der Waals surface area contributed by atoms with Crippen LogP contribution in [0.3, 0.4) is 0 Å². The summed E-state index contributed by atoms with van der Waals surface area (Å²) in [5.41, 5.74) is 12.8. The van der Waals surface area contributed by atoms with E-state index in [1.165, 1.54) is 60.8 Å². The molecule has 0 saturated heterocycles. The number of pyridine rings is 2. The van der Waals surface area contributed by atoms with Gasteiger partial charge in [-0.25, -0.2) is 39.5 Å². The molecule has 0 spiro atoms. The fourth-order valence-corrected chi connectivity index (χ4v) is 21.5. The molecule has 0 bridgehead atoms. The first-order valence-electron chi connectivity index (χ1n) is 47.7. The second kappa shape index (κ2) is 45.4. The summed E-state index contributed by atoms with van der Waals surface area (Å²) in [5, 5.41) is 17.8. The van der Waals surface area contributed by atoms with Crippen molar-refractivity contribution in [2.45, 2.75) is 292 Å². The van der Waals surface area contributed by atoms with Gasteiger partial charge < -0.3 is 24.4 Å². The first-order chi connectivity index (χ1) is 65.5. The average Bonchev–Trinajstić information content (AvgIpc) is 1.61. The smallest absolute Gasteiger partial charge is 0.283 e. The summed E-state index contributed by atoms with van der Waals surface area (Å²) in [6.45, 7) is 38.8. The minimum atomic E-state index is -4.25. The van der Waals surface area contributed by atoms with Crippen LogP contribution in [0.1, 0.15) is 324 Å². The summed E-state index contributed by atoms with van der Waals surface area (Å²) in [4.78, 5) is 71.7. The summed E-state index contributed by atoms with van der Waals surface area (Å²) >= 11 is 6.33. The van der Waals surface area contributed by atoms with Gasteiger partial charge in [0.2, 0.25) is 31.5 Å². The molecule has 756 valence electrons. The third-order valence-electron chi connectivity index (χ3n) is 26.1. The van der Waals surface area contributed by atoms with Crippen molar-refractivity contribution in [2.24, 2.45) is 0 Å². The van der Waals surface area contributed by atoms with E-state index < -0.39 is 80.5 Å². The maximum Gasteiger partial charge on any atom is 0.283 e. The second-order valence-electron chi connectivity index (χ2n) is 40.1. The molecule has 14 rings (SSSR count). The highest BCUT2D eigenvalue weighted by Crippen LogP contribution is 2.45. The number of carbonyl (C=O) groups is 4. The molecular formula is C103H135ClF3N17O12S4. The number of halogens is 4. The number of Topliss-reactive ketones (excluding diaryl/α,β-unsaturated/α-hetero) is 2. The van der Waals surface area contributed by atoms with E-state index in [4.69, 9.17) is 18.2 Å². The normalized spacial score (nSPS) is 15.1. The third kappa shape index (κ3) is 27.3. The monoisotopic (exact) mass is 2020 g/mol. The van der Waals surface area contributed by atoms with E-state index in [0.717, 1.165) is 108 Å². The van der Waals surface area contributed by atoms with E-state index in [1.54, 1.807) is 52.1 Å². The lowest BCUT2D eigenvalue weighted by atomic mass is 9.86. The molecule has 4 fully saturated rings. The predicted octanol–water partition coefficient (Wildman–Crippen LogP) is 19.1. The Kier molecular flexibility index (Phi) is 35.6.